The van der Waals surface area contributed by atoms with Crippen LogP contribution in [-0.4, -0.2) is 58.4 Å². The zero-order valence-corrected chi connectivity index (χ0v) is 17.3. The number of carbonyl (C=O) groups excluding carboxylic acids is 2. The minimum atomic E-state index is -0.495. The Labute approximate surface area is 166 Å². The second-order valence-corrected chi connectivity index (χ2v) is 8.80. The summed E-state index contributed by atoms with van der Waals surface area (Å²) in [7, 11) is 0. The van der Waals surface area contributed by atoms with E-state index in [0.29, 0.717) is 25.5 Å². The predicted octanol–water partition coefficient (Wildman–Crippen LogP) is 3.57. The molecule has 2 aliphatic rings. The molecule has 0 N–H and O–H groups in total. The number of piperidine rings is 1. The van der Waals surface area contributed by atoms with E-state index in [-0.39, 0.29) is 30.1 Å². The molecule has 0 bridgehead atoms. The molecular weight excluding hydrogens is 360 g/mol. The first-order valence-corrected chi connectivity index (χ1v) is 9.91. The number of hydrogen-bond donors (Lipinski definition) is 0. The van der Waals surface area contributed by atoms with Crippen molar-refractivity contribution >= 4 is 18.0 Å². The molecule has 8 heteroatoms. The molecule has 154 valence electrons. The van der Waals surface area contributed by atoms with Gasteiger partial charge in [-0.2, -0.15) is 0 Å². The third kappa shape index (κ3) is 4.54. The fraction of sp³-hybridized carbons (Fsp3) is 0.700. The van der Waals surface area contributed by atoms with Crippen LogP contribution in [0.25, 0.3) is 0 Å². The molecule has 0 unspecified atom stereocenters. The number of nitrogens with zero attached hydrogens (tertiary/aromatic N) is 4. The maximum Gasteiger partial charge on any atom is 0.415 e. The van der Waals surface area contributed by atoms with Gasteiger partial charge < -0.3 is 14.4 Å². The van der Waals surface area contributed by atoms with Crippen LogP contribution in [0.3, 0.4) is 0 Å². The summed E-state index contributed by atoms with van der Waals surface area (Å²) in [4.78, 5) is 36.8. The Balaban J connectivity index is 1.67. The number of amides is 2. The topological polar surface area (TPSA) is 84.9 Å². The third-order valence-corrected chi connectivity index (χ3v) is 5.13. The van der Waals surface area contributed by atoms with E-state index in [4.69, 9.17) is 14.5 Å². The molecule has 3 heterocycles. The molecule has 2 saturated heterocycles. The van der Waals surface area contributed by atoms with Gasteiger partial charge in [0, 0.05) is 25.2 Å². The molecule has 3 rings (SSSR count). The van der Waals surface area contributed by atoms with Crippen molar-refractivity contribution in [3.63, 3.8) is 0 Å². The van der Waals surface area contributed by atoms with Crippen molar-refractivity contribution in [2.45, 2.75) is 65.0 Å². The Kier molecular flexibility index (Phi) is 5.76. The van der Waals surface area contributed by atoms with Gasteiger partial charge in [0.1, 0.15) is 12.2 Å². The summed E-state index contributed by atoms with van der Waals surface area (Å²) < 4.78 is 10.7. The number of rotatable bonds is 3. The molecule has 2 amide bonds. The summed E-state index contributed by atoms with van der Waals surface area (Å²) in [5.74, 6) is 0.990. The van der Waals surface area contributed by atoms with Crippen LogP contribution in [-0.2, 0) is 9.47 Å². The predicted molar refractivity (Wildman–Crippen MR) is 104 cm³/mol. The van der Waals surface area contributed by atoms with Gasteiger partial charge in [0.2, 0.25) is 0 Å². The van der Waals surface area contributed by atoms with Crippen molar-refractivity contribution in [1.29, 1.82) is 0 Å². The molecule has 1 aromatic heterocycles. The molecule has 1 aromatic rings. The third-order valence-electron chi connectivity index (χ3n) is 5.13. The number of hydrogen-bond acceptors (Lipinski definition) is 6. The summed E-state index contributed by atoms with van der Waals surface area (Å²) >= 11 is 0. The molecule has 8 nitrogen and oxygen atoms in total. The molecule has 2 fully saturated rings. The highest BCUT2D eigenvalue weighted by molar-refractivity contribution is 5.89. The van der Waals surface area contributed by atoms with Crippen LogP contribution in [0.1, 0.15) is 59.1 Å². The maximum absolute atomic E-state index is 12.2. The monoisotopic (exact) mass is 390 g/mol. The lowest BCUT2D eigenvalue weighted by atomic mass is 9.94. The fourth-order valence-corrected chi connectivity index (χ4v) is 3.56. The number of anilines is 1. The normalized spacial score (nSPS) is 21.2. The second-order valence-electron chi connectivity index (χ2n) is 8.80. The van der Waals surface area contributed by atoms with Crippen LogP contribution in [0.4, 0.5) is 15.4 Å². The molecule has 1 atom stereocenters. The first-order valence-electron chi connectivity index (χ1n) is 9.91. The van der Waals surface area contributed by atoms with Crippen LogP contribution in [0.2, 0.25) is 0 Å². The van der Waals surface area contributed by atoms with Gasteiger partial charge in [-0.05, 0) is 39.5 Å². The van der Waals surface area contributed by atoms with Crippen molar-refractivity contribution in [3.8, 4) is 0 Å². The van der Waals surface area contributed by atoms with E-state index in [2.05, 4.69) is 18.8 Å². The van der Waals surface area contributed by atoms with E-state index in [9.17, 15) is 9.59 Å². The first-order chi connectivity index (χ1) is 13.2. The van der Waals surface area contributed by atoms with Crippen LogP contribution in [0.15, 0.2) is 12.4 Å². The van der Waals surface area contributed by atoms with Crippen molar-refractivity contribution < 1.29 is 19.1 Å². The maximum atomic E-state index is 12.2. The van der Waals surface area contributed by atoms with Crippen LogP contribution in [0.5, 0.6) is 0 Å². The van der Waals surface area contributed by atoms with E-state index in [1.807, 2.05) is 20.8 Å². The molecule has 0 saturated carbocycles. The van der Waals surface area contributed by atoms with Gasteiger partial charge in [0.25, 0.3) is 0 Å². The van der Waals surface area contributed by atoms with Crippen molar-refractivity contribution in [3.05, 3.63) is 18.1 Å². The quantitative estimate of drug-likeness (QED) is 0.784. The lowest BCUT2D eigenvalue weighted by Gasteiger charge is -2.33. The minimum absolute atomic E-state index is 0.0361. The Morgan fingerprint density at radius 1 is 1.25 bits per heavy atom. The molecule has 0 aliphatic carbocycles. The number of ether oxygens (including phenoxy) is 2. The standard InChI is InChI=1S/C20H30N4O4/c1-13(2)16-12-27-19(26)24(16)17-11-21-10-15(22-17)14-6-8-23(9-7-14)18(25)28-20(3,4)5/h10-11,13-14,16H,6-9,12H2,1-5H3/t16-/m1/s1. The lowest BCUT2D eigenvalue weighted by Crippen LogP contribution is -2.41. The Morgan fingerprint density at radius 3 is 2.54 bits per heavy atom. The van der Waals surface area contributed by atoms with Crippen LogP contribution in [0, 0.1) is 5.92 Å². The van der Waals surface area contributed by atoms with Gasteiger partial charge in [-0.1, -0.05) is 13.8 Å². The molecule has 28 heavy (non-hydrogen) atoms. The number of cyclic esters (lactones) is 1. The molecule has 2 aliphatic heterocycles. The highest BCUT2D eigenvalue weighted by atomic mass is 16.6. The van der Waals surface area contributed by atoms with Crippen molar-refractivity contribution in [1.82, 2.24) is 14.9 Å². The summed E-state index contributed by atoms with van der Waals surface area (Å²) in [6.45, 7) is 11.3. The number of aromatic nitrogens is 2. The minimum Gasteiger partial charge on any atom is -0.447 e. The molecular formula is C20H30N4O4. The van der Waals surface area contributed by atoms with Gasteiger partial charge in [0.05, 0.1) is 17.9 Å². The molecule has 0 aromatic carbocycles. The first kappa shape index (κ1) is 20.4. The van der Waals surface area contributed by atoms with Gasteiger partial charge in [-0.25, -0.2) is 14.6 Å². The van der Waals surface area contributed by atoms with Crippen molar-refractivity contribution in [2.24, 2.45) is 5.92 Å². The number of likely N-dealkylation sites (tertiary alicyclic amines) is 1. The van der Waals surface area contributed by atoms with E-state index in [0.717, 1.165) is 18.5 Å². The van der Waals surface area contributed by atoms with Gasteiger partial charge in [0.15, 0.2) is 5.82 Å². The Hall–Kier alpha value is -2.38. The fourth-order valence-electron chi connectivity index (χ4n) is 3.56. The van der Waals surface area contributed by atoms with E-state index in [1.54, 1.807) is 22.2 Å². The summed E-state index contributed by atoms with van der Waals surface area (Å²) in [6.07, 6.45) is 4.30. The highest BCUT2D eigenvalue weighted by Crippen LogP contribution is 2.30. The van der Waals surface area contributed by atoms with Crippen LogP contribution >= 0.6 is 0 Å². The van der Waals surface area contributed by atoms with Crippen molar-refractivity contribution in [2.75, 3.05) is 24.6 Å². The van der Waals surface area contributed by atoms with Gasteiger partial charge >= 0.3 is 12.2 Å². The summed E-state index contributed by atoms with van der Waals surface area (Å²) in [6, 6.07) is -0.0361. The van der Waals surface area contributed by atoms with E-state index in [1.165, 1.54) is 0 Å². The Bertz CT molecular complexity index is 723. The smallest absolute Gasteiger partial charge is 0.415 e. The van der Waals surface area contributed by atoms with Gasteiger partial charge in [-0.15, -0.1) is 0 Å². The average molecular weight is 390 g/mol. The van der Waals surface area contributed by atoms with E-state index >= 15 is 0 Å². The van der Waals surface area contributed by atoms with E-state index < -0.39 is 5.60 Å². The van der Waals surface area contributed by atoms with Crippen LogP contribution < -0.4 is 4.90 Å². The second kappa shape index (κ2) is 7.93. The summed E-state index contributed by atoms with van der Waals surface area (Å²) in [5, 5.41) is 0. The average Bonchev–Trinajstić information content (AvgIpc) is 3.02. The highest BCUT2D eigenvalue weighted by Gasteiger charge is 2.37. The molecule has 0 radical (unpaired) electrons. The lowest BCUT2D eigenvalue weighted by molar-refractivity contribution is 0.0204. The largest absolute Gasteiger partial charge is 0.447 e. The Morgan fingerprint density at radius 2 is 1.93 bits per heavy atom. The number of carbonyl (C=O) groups is 2. The zero-order valence-electron chi connectivity index (χ0n) is 17.3. The zero-order chi connectivity index (χ0) is 20.5. The molecule has 0 spiro atoms. The SMILES string of the molecule is CC(C)[C@H]1COC(=O)N1c1cncc(C2CCN(C(=O)OC(C)(C)C)CC2)n1. The van der Waals surface area contributed by atoms with Gasteiger partial charge in [-0.3, -0.25) is 9.88 Å². The summed E-state index contributed by atoms with van der Waals surface area (Å²) in [5.41, 5.74) is 0.355.